The van der Waals surface area contributed by atoms with Gasteiger partial charge in [-0.1, -0.05) is 41.9 Å². The Kier molecular flexibility index (Phi) is 5.46. The summed E-state index contributed by atoms with van der Waals surface area (Å²) in [6.45, 7) is 1.16. The first-order valence-electron chi connectivity index (χ1n) is 8.10. The highest BCUT2D eigenvalue weighted by atomic mass is 35.5. The Morgan fingerprint density at radius 3 is 2.84 bits per heavy atom. The Bertz CT molecular complexity index is 810. The highest BCUT2D eigenvalue weighted by molar-refractivity contribution is 6.36. The number of carbonyl (C=O) groups excluding carboxylic acids is 2. The van der Waals surface area contributed by atoms with E-state index < -0.39 is 17.5 Å². The van der Waals surface area contributed by atoms with Crippen molar-refractivity contribution in [1.82, 2.24) is 10.6 Å². The third kappa shape index (κ3) is 4.24. The highest BCUT2D eigenvalue weighted by Crippen LogP contribution is 2.22. The number of ketones is 1. The lowest BCUT2D eigenvalue weighted by atomic mass is 9.94. The van der Waals surface area contributed by atoms with Crippen LogP contribution in [0.1, 0.15) is 22.7 Å². The van der Waals surface area contributed by atoms with Crippen molar-refractivity contribution in [3.8, 4) is 0 Å². The van der Waals surface area contributed by atoms with Crippen LogP contribution in [0.25, 0.3) is 0 Å². The quantitative estimate of drug-likeness (QED) is 0.806. The highest BCUT2D eigenvalue weighted by Gasteiger charge is 2.21. The minimum Gasteiger partial charge on any atom is -0.348 e. The summed E-state index contributed by atoms with van der Waals surface area (Å²) >= 11 is 5.61. The average molecular weight is 361 g/mol. The van der Waals surface area contributed by atoms with Gasteiger partial charge in [0, 0.05) is 19.0 Å². The lowest BCUT2D eigenvalue weighted by Crippen LogP contribution is -2.41. The second kappa shape index (κ2) is 7.76. The monoisotopic (exact) mass is 360 g/mol. The summed E-state index contributed by atoms with van der Waals surface area (Å²) in [6.07, 6.45) is 0.788. The molecular formula is C19H18ClFN2O2. The Hall–Kier alpha value is -2.24. The molecule has 1 atom stereocenters. The standard InChI is InChI=1S/C19H18ClFN2O2/c20-15-6-5-12(9-16(15)21)10-18(24)19(25)23-11-17-14-4-2-1-3-13(14)7-8-22-17/h1-6,9,17,22H,7-8,10-11H2,(H,23,25). The molecule has 1 amide bonds. The molecule has 1 aliphatic rings. The number of halogens is 2. The lowest BCUT2D eigenvalue weighted by Gasteiger charge is -2.27. The van der Waals surface area contributed by atoms with E-state index in [4.69, 9.17) is 11.6 Å². The molecule has 1 unspecified atom stereocenters. The predicted molar refractivity (Wildman–Crippen MR) is 94.0 cm³/mol. The van der Waals surface area contributed by atoms with Gasteiger partial charge in [0.05, 0.1) is 5.02 Å². The number of fused-ring (bicyclic) bond motifs is 1. The topological polar surface area (TPSA) is 58.2 Å². The molecular weight excluding hydrogens is 343 g/mol. The molecule has 0 spiro atoms. The van der Waals surface area contributed by atoms with Gasteiger partial charge in [-0.3, -0.25) is 9.59 Å². The maximum atomic E-state index is 13.4. The van der Waals surface area contributed by atoms with Crippen LogP contribution in [0.2, 0.25) is 5.02 Å². The molecule has 2 N–H and O–H groups in total. The Morgan fingerprint density at radius 2 is 2.04 bits per heavy atom. The van der Waals surface area contributed by atoms with Crippen LogP contribution in [-0.4, -0.2) is 24.8 Å². The molecule has 130 valence electrons. The third-order valence-corrected chi connectivity index (χ3v) is 4.59. The number of nitrogens with one attached hydrogen (secondary N) is 2. The number of rotatable bonds is 5. The summed E-state index contributed by atoms with van der Waals surface area (Å²) in [5.74, 6) is -1.87. The van der Waals surface area contributed by atoms with Crippen LogP contribution in [0.5, 0.6) is 0 Å². The fourth-order valence-corrected chi connectivity index (χ4v) is 3.10. The van der Waals surface area contributed by atoms with Crippen molar-refractivity contribution in [3.63, 3.8) is 0 Å². The van der Waals surface area contributed by atoms with Crippen LogP contribution in [-0.2, 0) is 22.4 Å². The zero-order valence-corrected chi connectivity index (χ0v) is 14.3. The second-order valence-electron chi connectivity index (χ2n) is 6.01. The zero-order chi connectivity index (χ0) is 17.8. The molecule has 0 fully saturated rings. The molecule has 0 radical (unpaired) electrons. The van der Waals surface area contributed by atoms with Crippen molar-refractivity contribution < 1.29 is 14.0 Å². The average Bonchev–Trinajstić information content (AvgIpc) is 2.62. The molecule has 1 aliphatic heterocycles. The molecule has 1 heterocycles. The van der Waals surface area contributed by atoms with E-state index in [-0.39, 0.29) is 17.5 Å². The number of Topliss-reactive ketones (excluding diaryl/α,β-unsaturated/α-hetero) is 1. The third-order valence-electron chi connectivity index (χ3n) is 4.28. The van der Waals surface area contributed by atoms with Crippen LogP contribution in [0.4, 0.5) is 4.39 Å². The number of hydrogen-bond donors (Lipinski definition) is 2. The van der Waals surface area contributed by atoms with Gasteiger partial charge in [0.2, 0.25) is 5.78 Å². The molecule has 0 aliphatic carbocycles. The van der Waals surface area contributed by atoms with Gasteiger partial charge in [0.25, 0.3) is 5.91 Å². The zero-order valence-electron chi connectivity index (χ0n) is 13.5. The Morgan fingerprint density at radius 1 is 1.24 bits per heavy atom. The molecule has 2 aromatic rings. The van der Waals surface area contributed by atoms with E-state index in [1.54, 1.807) is 0 Å². The SMILES string of the molecule is O=C(Cc1ccc(Cl)c(F)c1)C(=O)NCC1NCCc2ccccc21. The molecule has 3 rings (SSSR count). The summed E-state index contributed by atoms with van der Waals surface area (Å²) in [4.78, 5) is 24.1. The second-order valence-corrected chi connectivity index (χ2v) is 6.42. The molecule has 25 heavy (non-hydrogen) atoms. The van der Waals surface area contributed by atoms with Crippen LogP contribution in [0, 0.1) is 5.82 Å². The van der Waals surface area contributed by atoms with Crippen molar-refractivity contribution in [1.29, 1.82) is 0 Å². The van der Waals surface area contributed by atoms with Gasteiger partial charge >= 0.3 is 0 Å². The minimum absolute atomic E-state index is 0.0114. The van der Waals surface area contributed by atoms with Crippen molar-refractivity contribution >= 4 is 23.3 Å². The van der Waals surface area contributed by atoms with E-state index in [0.29, 0.717) is 12.1 Å². The van der Waals surface area contributed by atoms with Crippen molar-refractivity contribution in [2.75, 3.05) is 13.1 Å². The molecule has 6 heteroatoms. The Labute approximate surface area is 150 Å². The van der Waals surface area contributed by atoms with E-state index in [9.17, 15) is 14.0 Å². The number of carbonyl (C=O) groups is 2. The normalized spacial score (nSPS) is 16.2. The van der Waals surface area contributed by atoms with Crippen LogP contribution in [0.15, 0.2) is 42.5 Å². The maximum Gasteiger partial charge on any atom is 0.287 e. The maximum absolute atomic E-state index is 13.4. The Balaban J connectivity index is 1.57. The summed E-state index contributed by atoms with van der Waals surface area (Å²) in [5, 5.41) is 6.00. The first-order chi connectivity index (χ1) is 12.0. The lowest BCUT2D eigenvalue weighted by molar-refractivity contribution is -0.137. The molecule has 0 saturated carbocycles. The van der Waals surface area contributed by atoms with Gasteiger partial charge in [-0.05, 0) is 41.8 Å². The van der Waals surface area contributed by atoms with Crippen LogP contribution >= 0.6 is 11.6 Å². The van der Waals surface area contributed by atoms with Gasteiger partial charge in [0.15, 0.2) is 0 Å². The number of amides is 1. The van der Waals surface area contributed by atoms with Gasteiger partial charge in [0.1, 0.15) is 5.82 Å². The summed E-state index contributed by atoms with van der Waals surface area (Å²) in [7, 11) is 0. The minimum atomic E-state index is -0.666. The first kappa shape index (κ1) is 17.6. The van der Waals surface area contributed by atoms with Crippen molar-refractivity contribution in [2.45, 2.75) is 18.9 Å². The van der Waals surface area contributed by atoms with E-state index >= 15 is 0 Å². The smallest absolute Gasteiger partial charge is 0.287 e. The molecule has 0 saturated heterocycles. The first-order valence-corrected chi connectivity index (χ1v) is 8.48. The summed E-state index contributed by atoms with van der Waals surface area (Å²) in [5.41, 5.74) is 2.81. The molecule has 2 aromatic carbocycles. The summed E-state index contributed by atoms with van der Waals surface area (Å²) in [6, 6.07) is 12.1. The molecule has 4 nitrogen and oxygen atoms in total. The van der Waals surface area contributed by atoms with Crippen LogP contribution in [0.3, 0.4) is 0 Å². The summed E-state index contributed by atoms with van der Waals surface area (Å²) < 4.78 is 13.4. The fourth-order valence-electron chi connectivity index (χ4n) is 2.98. The van der Waals surface area contributed by atoms with Gasteiger partial charge in [-0.25, -0.2) is 4.39 Å². The fraction of sp³-hybridized carbons (Fsp3) is 0.263. The molecule has 0 aromatic heterocycles. The number of benzene rings is 2. The van der Waals surface area contributed by atoms with E-state index in [0.717, 1.165) is 18.5 Å². The van der Waals surface area contributed by atoms with Crippen molar-refractivity contribution in [3.05, 3.63) is 70.0 Å². The predicted octanol–water partition coefficient (Wildman–Crippen LogP) is 2.59. The van der Waals surface area contributed by atoms with E-state index in [1.807, 2.05) is 18.2 Å². The van der Waals surface area contributed by atoms with Crippen LogP contribution < -0.4 is 10.6 Å². The largest absolute Gasteiger partial charge is 0.348 e. The van der Waals surface area contributed by atoms with E-state index in [2.05, 4.69) is 16.7 Å². The van der Waals surface area contributed by atoms with E-state index in [1.165, 1.54) is 23.8 Å². The van der Waals surface area contributed by atoms with Crippen molar-refractivity contribution in [2.24, 2.45) is 0 Å². The van der Waals surface area contributed by atoms with Gasteiger partial charge in [-0.2, -0.15) is 0 Å². The molecule has 0 bridgehead atoms. The number of hydrogen-bond acceptors (Lipinski definition) is 3. The van der Waals surface area contributed by atoms with Gasteiger partial charge < -0.3 is 10.6 Å². The van der Waals surface area contributed by atoms with Gasteiger partial charge in [-0.15, -0.1) is 0 Å².